The molecule has 4 aromatic rings. The molecule has 2 aliphatic rings. The number of aliphatic hydroxyl groups is 1. The molecule has 2 aliphatic carbocycles. The van der Waals surface area contributed by atoms with Crippen molar-refractivity contribution in [2.75, 3.05) is 29.2 Å². The highest BCUT2D eigenvalue weighted by atomic mass is 127. The highest BCUT2D eigenvalue weighted by Crippen LogP contribution is 2.38. The third-order valence-corrected chi connectivity index (χ3v) is 9.70. The van der Waals surface area contributed by atoms with Crippen LogP contribution in [0, 0.1) is 26.0 Å². The van der Waals surface area contributed by atoms with Gasteiger partial charge in [-0.25, -0.2) is 18.7 Å². The molecule has 0 saturated heterocycles. The van der Waals surface area contributed by atoms with Crippen LogP contribution < -0.4 is 26.8 Å². The SMILES string of the molecule is CC1(C)CCC(Nc2nc(N)ncc2-c2ccncc2F)CC1.CC1(C)CCC(Nc2nc(N)ncc2I)CC1.CO.O[B]Oc1ccncc1F. The molecule has 8 N–H and O–H groups in total. The third kappa shape index (κ3) is 13.5. The van der Waals surface area contributed by atoms with E-state index in [9.17, 15) is 8.78 Å². The Morgan fingerprint density at radius 3 is 1.75 bits per heavy atom. The molecule has 0 aromatic carbocycles. The maximum absolute atomic E-state index is 14.1. The molecule has 0 bridgehead atoms. The predicted molar refractivity (Wildman–Crippen MR) is 209 cm³/mol. The summed E-state index contributed by atoms with van der Waals surface area (Å²) in [6.07, 6.45) is 17.8. The van der Waals surface area contributed by atoms with Crippen molar-refractivity contribution in [1.82, 2.24) is 29.9 Å². The average Bonchev–Trinajstić information content (AvgIpc) is 3.11. The molecule has 0 unspecified atom stereocenters. The van der Waals surface area contributed by atoms with Gasteiger partial charge in [0, 0.05) is 55.1 Å². The number of hydrogen-bond acceptors (Lipinski definition) is 13. The topological polar surface area (TPSA) is 203 Å². The molecular weight excluding hydrogens is 784 g/mol. The fourth-order valence-electron chi connectivity index (χ4n) is 5.77. The van der Waals surface area contributed by atoms with E-state index in [0.717, 1.165) is 48.4 Å². The number of hydrogen-bond donors (Lipinski definition) is 6. The number of nitrogens with zero attached hydrogens (tertiary/aromatic N) is 6. The Kier molecular flexibility index (Phi) is 16.6. The van der Waals surface area contributed by atoms with Crippen molar-refractivity contribution >= 4 is 53.8 Å². The van der Waals surface area contributed by atoms with Gasteiger partial charge in [-0.05, 0) is 96.9 Å². The van der Waals surface area contributed by atoms with E-state index < -0.39 is 11.6 Å². The Bertz CT molecular complexity index is 1690. The smallest absolute Gasteiger partial charge is 0.535 e. The zero-order valence-electron chi connectivity index (χ0n) is 30.3. The minimum absolute atomic E-state index is 0.0440. The Morgan fingerprint density at radius 2 is 1.23 bits per heavy atom. The van der Waals surface area contributed by atoms with E-state index in [1.54, 1.807) is 24.7 Å². The number of nitrogen functional groups attached to an aromatic ring is 2. The summed E-state index contributed by atoms with van der Waals surface area (Å²) in [6.45, 7) is 9.28. The molecule has 6 rings (SSSR count). The summed E-state index contributed by atoms with van der Waals surface area (Å²) < 4.78 is 31.9. The van der Waals surface area contributed by atoms with Crippen LogP contribution in [0.5, 0.6) is 5.75 Å². The molecule has 281 valence electrons. The van der Waals surface area contributed by atoms with Gasteiger partial charge >= 0.3 is 7.69 Å². The van der Waals surface area contributed by atoms with Crippen molar-refractivity contribution in [3.8, 4) is 16.9 Å². The lowest BCUT2D eigenvalue weighted by Gasteiger charge is -2.35. The van der Waals surface area contributed by atoms with Crippen LogP contribution in [0.15, 0.2) is 49.3 Å². The lowest BCUT2D eigenvalue weighted by Crippen LogP contribution is -2.30. The van der Waals surface area contributed by atoms with E-state index in [1.807, 2.05) is 0 Å². The van der Waals surface area contributed by atoms with Crippen molar-refractivity contribution in [2.45, 2.75) is 91.1 Å². The van der Waals surface area contributed by atoms with Crippen LogP contribution >= 0.6 is 22.6 Å². The van der Waals surface area contributed by atoms with E-state index in [1.165, 1.54) is 44.1 Å². The third-order valence-electron chi connectivity index (χ3n) is 8.91. The first kappa shape index (κ1) is 42.4. The quantitative estimate of drug-likeness (QED) is 0.0881. The zero-order valence-corrected chi connectivity index (χ0v) is 32.4. The van der Waals surface area contributed by atoms with Crippen LogP contribution in [0.1, 0.15) is 79.1 Å². The van der Waals surface area contributed by atoms with Gasteiger partial charge in [-0.3, -0.25) is 9.97 Å². The van der Waals surface area contributed by atoms with E-state index in [-0.39, 0.29) is 11.7 Å². The summed E-state index contributed by atoms with van der Waals surface area (Å²) in [6, 6.07) is 3.77. The fraction of sp³-hybridized carbons (Fsp3) is 0.486. The molecule has 13 nitrogen and oxygen atoms in total. The van der Waals surface area contributed by atoms with Crippen molar-refractivity contribution in [2.24, 2.45) is 10.8 Å². The number of pyridine rings is 2. The van der Waals surface area contributed by atoms with Gasteiger partial charge in [0.25, 0.3) is 0 Å². The number of halogens is 3. The standard InChI is InChI=1S/C17H22FN5.C12H19IN4.C5H4BFNO2.CH4O/c1-17(2)6-3-11(4-7-17)22-15-13(9-21-16(19)23-15)12-5-8-20-10-14(12)18;1-12(2)5-3-8(4-6-12)16-10-9(13)7-15-11(14)17-10;7-4-3-8-2-1-5(4)10-6-9;1-2/h5,8-11H,3-4,6-7H2,1-2H3,(H3,19,21,22,23);7-8H,3-6H2,1-2H3,(H3,14,15,16,17);1-3,9H;2H,1H3. The maximum Gasteiger partial charge on any atom is 0.569 e. The molecule has 0 amide bonds. The fourth-order valence-corrected chi connectivity index (χ4v) is 6.18. The molecule has 52 heavy (non-hydrogen) atoms. The summed E-state index contributed by atoms with van der Waals surface area (Å²) in [5, 5.41) is 22.0. The van der Waals surface area contributed by atoms with E-state index >= 15 is 0 Å². The van der Waals surface area contributed by atoms with Crippen molar-refractivity contribution in [3.63, 3.8) is 0 Å². The van der Waals surface area contributed by atoms with Gasteiger partial charge in [0.15, 0.2) is 5.82 Å². The first-order valence-corrected chi connectivity index (χ1v) is 18.0. The number of rotatable bonds is 7. The molecule has 2 fully saturated rings. The largest absolute Gasteiger partial charge is 0.569 e. The normalized spacial score (nSPS) is 16.3. The van der Waals surface area contributed by atoms with Gasteiger partial charge in [-0.2, -0.15) is 9.97 Å². The Balaban J connectivity index is 0.000000221. The molecule has 0 atom stereocenters. The van der Waals surface area contributed by atoms with Crippen LogP contribution in [0.25, 0.3) is 11.1 Å². The maximum atomic E-state index is 14.1. The first-order chi connectivity index (χ1) is 24.7. The summed E-state index contributed by atoms with van der Waals surface area (Å²) in [4.78, 5) is 23.8. The van der Waals surface area contributed by atoms with Crippen LogP contribution in [0.3, 0.4) is 0 Å². The summed E-state index contributed by atoms with van der Waals surface area (Å²) in [5.74, 6) is 0.944. The van der Waals surface area contributed by atoms with Crippen LogP contribution in [0.2, 0.25) is 0 Å². The van der Waals surface area contributed by atoms with Crippen LogP contribution in [-0.2, 0) is 0 Å². The summed E-state index contributed by atoms with van der Waals surface area (Å²) in [7, 11) is 1.42. The second-order valence-corrected chi connectivity index (χ2v) is 15.1. The first-order valence-electron chi connectivity index (χ1n) is 17.0. The number of nitrogens with two attached hydrogens (primary N) is 2. The highest BCUT2D eigenvalue weighted by Gasteiger charge is 2.28. The van der Waals surface area contributed by atoms with Crippen molar-refractivity contribution in [3.05, 3.63) is 64.5 Å². The molecule has 0 aliphatic heterocycles. The highest BCUT2D eigenvalue weighted by molar-refractivity contribution is 14.1. The van der Waals surface area contributed by atoms with Gasteiger partial charge in [0.05, 0.1) is 16.0 Å². The van der Waals surface area contributed by atoms with E-state index in [0.29, 0.717) is 53.5 Å². The summed E-state index contributed by atoms with van der Waals surface area (Å²) in [5.41, 5.74) is 13.3. The summed E-state index contributed by atoms with van der Waals surface area (Å²) >= 11 is 2.24. The van der Waals surface area contributed by atoms with Gasteiger partial charge in [0.2, 0.25) is 11.9 Å². The minimum Gasteiger partial charge on any atom is -0.535 e. The monoisotopic (exact) mass is 833 g/mol. The molecular formula is C35H49BF2IN10O3. The lowest BCUT2D eigenvalue weighted by molar-refractivity contribution is 0.232. The van der Waals surface area contributed by atoms with Crippen LogP contribution in [0.4, 0.5) is 32.3 Å². The van der Waals surface area contributed by atoms with Gasteiger partial charge in [0.1, 0.15) is 23.2 Å². The predicted octanol–water partition coefficient (Wildman–Crippen LogP) is 6.42. The van der Waals surface area contributed by atoms with E-state index in [2.05, 4.69) is 95.5 Å². The number of anilines is 4. The Morgan fingerprint density at radius 1 is 0.750 bits per heavy atom. The lowest BCUT2D eigenvalue weighted by atomic mass is 9.75. The van der Waals surface area contributed by atoms with Crippen molar-refractivity contribution < 1.29 is 23.6 Å². The van der Waals surface area contributed by atoms with Gasteiger partial charge < -0.3 is 36.9 Å². The zero-order chi connectivity index (χ0) is 38.3. The second-order valence-electron chi connectivity index (χ2n) is 14.0. The number of aromatic nitrogens is 6. The molecule has 1 radical (unpaired) electrons. The number of nitrogens with one attached hydrogen (secondary N) is 2. The van der Waals surface area contributed by atoms with Crippen molar-refractivity contribution in [1.29, 1.82) is 0 Å². The molecule has 4 aromatic heterocycles. The Hall–Kier alpha value is -3.97. The molecule has 17 heteroatoms. The van der Waals surface area contributed by atoms with Gasteiger partial charge in [-0.15, -0.1) is 0 Å². The number of aliphatic hydroxyl groups excluding tert-OH is 1. The second kappa shape index (κ2) is 20.3. The van der Waals surface area contributed by atoms with E-state index in [4.69, 9.17) is 21.6 Å². The molecule has 2 saturated carbocycles. The molecule has 0 spiro atoms. The molecule has 4 heterocycles. The van der Waals surface area contributed by atoms with Crippen LogP contribution in [-0.4, -0.2) is 66.9 Å². The Labute approximate surface area is 318 Å². The average molecular weight is 834 g/mol. The van der Waals surface area contributed by atoms with Gasteiger partial charge in [-0.1, -0.05) is 27.7 Å². The minimum atomic E-state index is -0.604.